The summed E-state index contributed by atoms with van der Waals surface area (Å²) in [6.07, 6.45) is 6.20. The van der Waals surface area contributed by atoms with Gasteiger partial charge < -0.3 is 4.90 Å². The number of benzene rings is 1. The Kier molecular flexibility index (Phi) is 6.37. The predicted octanol–water partition coefficient (Wildman–Crippen LogP) is 2.95. The Morgan fingerprint density at radius 1 is 1.32 bits per heavy atom. The number of hydrogen-bond acceptors (Lipinski definition) is 5. The number of pyridine rings is 1. The highest BCUT2D eigenvalue weighted by molar-refractivity contribution is 5.92. The first kappa shape index (κ1) is 17.8. The van der Waals surface area contributed by atoms with Crippen molar-refractivity contribution in [2.24, 2.45) is 0 Å². The maximum Gasteiger partial charge on any atom is 0.276 e. The molecule has 126 valence electrons. The van der Waals surface area contributed by atoms with Crippen molar-refractivity contribution in [1.29, 1.82) is 5.26 Å². The van der Waals surface area contributed by atoms with E-state index in [-0.39, 0.29) is 24.6 Å². The zero-order valence-electron chi connectivity index (χ0n) is 13.4. The number of para-hydroxylation sites is 1. The molecule has 0 saturated heterocycles. The van der Waals surface area contributed by atoms with E-state index < -0.39 is 4.92 Å². The van der Waals surface area contributed by atoms with Crippen molar-refractivity contribution < 1.29 is 9.72 Å². The molecule has 0 bridgehead atoms. The molecular formula is C18H16N4O3. The lowest BCUT2D eigenvalue weighted by Crippen LogP contribution is -2.29. The molecule has 0 aliphatic heterocycles. The van der Waals surface area contributed by atoms with Gasteiger partial charge in [0.2, 0.25) is 5.91 Å². The number of rotatable bonds is 7. The first-order valence-electron chi connectivity index (χ1n) is 7.58. The molecule has 2 aromatic rings. The Morgan fingerprint density at radius 3 is 2.80 bits per heavy atom. The molecule has 1 aromatic carbocycles. The van der Waals surface area contributed by atoms with Gasteiger partial charge in [-0.25, -0.2) is 0 Å². The lowest BCUT2D eigenvalue weighted by molar-refractivity contribution is -0.385. The number of hydrogen-bond donors (Lipinski definition) is 0. The second kappa shape index (κ2) is 8.93. The summed E-state index contributed by atoms with van der Waals surface area (Å²) >= 11 is 0. The molecule has 7 nitrogen and oxygen atoms in total. The van der Waals surface area contributed by atoms with E-state index in [0.717, 1.165) is 5.56 Å². The largest absolute Gasteiger partial charge is 0.334 e. The number of amides is 1. The second-order valence-electron chi connectivity index (χ2n) is 5.18. The third-order valence-corrected chi connectivity index (χ3v) is 3.44. The third-order valence-electron chi connectivity index (χ3n) is 3.44. The third kappa shape index (κ3) is 5.25. The molecule has 1 aromatic heterocycles. The molecule has 0 fully saturated rings. The molecule has 7 heteroatoms. The minimum Gasteiger partial charge on any atom is -0.334 e. The van der Waals surface area contributed by atoms with Crippen LogP contribution < -0.4 is 0 Å². The van der Waals surface area contributed by atoms with Crippen molar-refractivity contribution in [3.8, 4) is 6.07 Å². The topological polar surface area (TPSA) is 100 Å². The number of nitriles is 1. The van der Waals surface area contributed by atoms with Gasteiger partial charge in [-0.1, -0.05) is 18.2 Å². The molecule has 25 heavy (non-hydrogen) atoms. The van der Waals surface area contributed by atoms with E-state index in [4.69, 9.17) is 5.26 Å². The quantitative estimate of drug-likeness (QED) is 0.439. The molecule has 0 spiro atoms. The highest BCUT2D eigenvalue weighted by Crippen LogP contribution is 2.19. The number of nitro benzene ring substituents is 1. The van der Waals surface area contributed by atoms with Crippen molar-refractivity contribution in [1.82, 2.24) is 9.88 Å². The molecule has 1 amide bonds. The van der Waals surface area contributed by atoms with E-state index in [1.54, 1.807) is 36.7 Å². The van der Waals surface area contributed by atoms with E-state index in [1.807, 2.05) is 12.1 Å². The lowest BCUT2D eigenvalue weighted by atomic mass is 10.1. The van der Waals surface area contributed by atoms with Crippen LogP contribution >= 0.6 is 0 Å². The second-order valence-corrected chi connectivity index (χ2v) is 5.18. The van der Waals surface area contributed by atoms with E-state index >= 15 is 0 Å². The summed E-state index contributed by atoms with van der Waals surface area (Å²) in [6.45, 7) is 0.584. The fourth-order valence-electron chi connectivity index (χ4n) is 2.23. The van der Waals surface area contributed by atoms with Gasteiger partial charge in [0, 0.05) is 37.6 Å². The van der Waals surface area contributed by atoms with Crippen LogP contribution in [0.1, 0.15) is 17.5 Å². The summed E-state index contributed by atoms with van der Waals surface area (Å²) in [7, 11) is 0. The van der Waals surface area contributed by atoms with Crippen LogP contribution in [-0.4, -0.2) is 27.3 Å². The molecule has 0 aliphatic rings. The predicted molar refractivity (Wildman–Crippen MR) is 92.0 cm³/mol. The first-order valence-corrected chi connectivity index (χ1v) is 7.58. The molecule has 1 heterocycles. The Balaban J connectivity index is 2.16. The van der Waals surface area contributed by atoms with E-state index in [2.05, 4.69) is 4.98 Å². The van der Waals surface area contributed by atoms with Crippen molar-refractivity contribution in [3.05, 3.63) is 76.1 Å². The van der Waals surface area contributed by atoms with Crippen molar-refractivity contribution in [2.75, 3.05) is 6.54 Å². The SMILES string of the molecule is N#CCCN(Cc1cccnc1)C(=O)/C=C/c1ccccc1[N+](=O)[O-]. The molecule has 2 rings (SSSR count). The molecule has 0 saturated carbocycles. The number of carbonyl (C=O) groups excluding carboxylic acids is 1. The minimum atomic E-state index is -0.493. The maximum atomic E-state index is 12.4. The summed E-state index contributed by atoms with van der Waals surface area (Å²) in [5.41, 5.74) is 1.12. The van der Waals surface area contributed by atoms with E-state index in [1.165, 1.54) is 23.1 Å². The molecule has 0 aliphatic carbocycles. The molecule has 0 atom stereocenters. The Bertz CT molecular complexity index is 813. The van der Waals surface area contributed by atoms with Gasteiger partial charge in [-0.2, -0.15) is 5.26 Å². The molecule has 0 radical (unpaired) electrons. The monoisotopic (exact) mass is 336 g/mol. The van der Waals surface area contributed by atoms with Gasteiger partial charge in [-0.05, 0) is 23.8 Å². The van der Waals surface area contributed by atoms with Crippen molar-refractivity contribution in [3.63, 3.8) is 0 Å². The van der Waals surface area contributed by atoms with Gasteiger partial charge in [0.05, 0.1) is 23.0 Å². The summed E-state index contributed by atoms with van der Waals surface area (Å²) in [5.74, 6) is -0.322. The van der Waals surface area contributed by atoms with Gasteiger partial charge in [0.15, 0.2) is 0 Å². The average molecular weight is 336 g/mol. The highest BCUT2D eigenvalue weighted by atomic mass is 16.6. The smallest absolute Gasteiger partial charge is 0.276 e. The molecular weight excluding hydrogens is 320 g/mol. The van der Waals surface area contributed by atoms with Crippen LogP contribution in [0.25, 0.3) is 6.08 Å². The molecule has 0 N–H and O–H groups in total. The summed E-state index contributed by atoms with van der Waals surface area (Å²) in [6, 6.07) is 11.8. The summed E-state index contributed by atoms with van der Waals surface area (Å²) in [4.78, 5) is 28.5. The van der Waals surface area contributed by atoms with Crippen LogP contribution in [0.2, 0.25) is 0 Å². The Morgan fingerprint density at radius 2 is 2.12 bits per heavy atom. The number of carbonyl (C=O) groups is 1. The van der Waals surface area contributed by atoms with Gasteiger partial charge in [0.25, 0.3) is 5.69 Å². The average Bonchev–Trinajstić information content (AvgIpc) is 2.64. The zero-order valence-corrected chi connectivity index (χ0v) is 13.4. The summed E-state index contributed by atoms with van der Waals surface area (Å²) in [5, 5.41) is 19.8. The van der Waals surface area contributed by atoms with Crippen molar-refractivity contribution in [2.45, 2.75) is 13.0 Å². The maximum absolute atomic E-state index is 12.4. The van der Waals surface area contributed by atoms with Crippen LogP contribution in [0.3, 0.4) is 0 Å². The van der Waals surface area contributed by atoms with E-state index in [9.17, 15) is 14.9 Å². The van der Waals surface area contributed by atoms with Crippen LogP contribution in [0.4, 0.5) is 5.69 Å². The van der Waals surface area contributed by atoms with Crippen LogP contribution in [0, 0.1) is 21.4 Å². The van der Waals surface area contributed by atoms with Crippen molar-refractivity contribution >= 4 is 17.7 Å². The lowest BCUT2D eigenvalue weighted by Gasteiger charge is -2.19. The zero-order chi connectivity index (χ0) is 18.1. The van der Waals surface area contributed by atoms with Crippen LogP contribution in [0.15, 0.2) is 54.9 Å². The number of aromatic nitrogens is 1. The standard InChI is InChI=1S/C18H16N4O3/c19-10-4-12-21(14-15-5-3-11-20-13-15)18(23)9-8-16-6-1-2-7-17(16)22(24)25/h1-3,5-9,11,13H,4,12,14H2/b9-8+. The Hall–Kier alpha value is -3.53. The minimum absolute atomic E-state index is 0.0672. The fraction of sp³-hybridized carbons (Fsp3) is 0.167. The van der Waals surface area contributed by atoms with Gasteiger partial charge in [0.1, 0.15) is 0 Å². The summed E-state index contributed by atoms with van der Waals surface area (Å²) < 4.78 is 0. The fourth-order valence-corrected chi connectivity index (χ4v) is 2.23. The van der Waals surface area contributed by atoms with Gasteiger partial charge >= 0.3 is 0 Å². The number of nitro groups is 1. The van der Waals surface area contributed by atoms with E-state index in [0.29, 0.717) is 12.1 Å². The first-order chi connectivity index (χ1) is 12.1. The normalized spacial score (nSPS) is 10.4. The van der Waals surface area contributed by atoms with Crippen LogP contribution in [-0.2, 0) is 11.3 Å². The highest BCUT2D eigenvalue weighted by Gasteiger charge is 2.13. The van der Waals surface area contributed by atoms with Gasteiger partial charge in [-0.3, -0.25) is 19.9 Å². The van der Waals surface area contributed by atoms with Gasteiger partial charge in [-0.15, -0.1) is 0 Å². The Labute approximate surface area is 145 Å². The number of nitrogens with zero attached hydrogens (tertiary/aromatic N) is 4. The molecule has 0 unspecified atom stereocenters. The van der Waals surface area contributed by atoms with Crippen LogP contribution in [0.5, 0.6) is 0 Å².